The van der Waals surface area contributed by atoms with Gasteiger partial charge in [-0.15, -0.1) is 0 Å². The first kappa shape index (κ1) is 15.5. The Balaban J connectivity index is 1.56. The Kier molecular flexibility index (Phi) is 4.57. The van der Waals surface area contributed by atoms with Gasteiger partial charge in [-0.25, -0.2) is 9.37 Å². The second-order valence-electron chi connectivity index (χ2n) is 5.06. The maximum absolute atomic E-state index is 12.8. The van der Waals surface area contributed by atoms with Crippen LogP contribution in [0.25, 0.3) is 0 Å². The largest absolute Gasteiger partial charge is 0.352 e. The van der Waals surface area contributed by atoms with Crippen LogP contribution in [0.1, 0.15) is 12.0 Å². The average Bonchev–Trinajstić information content (AvgIpc) is 2.55. The Labute approximate surface area is 136 Å². The van der Waals surface area contributed by atoms with Crippen molar-refractivity contribution in [1.29, 1.82) is 0 Å². The van der Waals surface area contributed by atoms with Gasteiger partial charge in [-0.2, -0.15) is 0 Å². The van der Waals surface area contributed by atoms with Gasteiger partial charge in [-0.05, 0) is 29.8 Å². The number of fused-ring (bicyclic) bond motifs is 1. The van der Waals surface area contributed by atoms with Gasteiger partial charge in [0, 0.05) is 19.2 Å². The van der Waals surface area contributed by atoms with E-state index in [-0.39, 0.29) is 24.1 Å². The summed E-state index contributed by atoms with van der Waals surface area (Å²) in [5, 5.41) is 5.69. The third-order valence-electron chi connectivity index (χ3n) is 3.35. The van der Waals surface area contributed by atoms with Crippen LogP contribution in [0.5, 0.6) is 0 Å². The number of anilines is 1. The van der Waals surface area contributed by atoms with E-state index in [9.17, 15) is 14.0 Å². The van der Waals surface area contributed by atoms with E-state index in [1.54, 1.807) is 30.5 Å². The number of halogens is 1. The number of carbonyl (C=O) groups is 2. The molecule has 1 aliphatic rings. The predicted molar refractivity (Wildman–Crippen MR) is 85.4 cm³/mol. The maximum Gasteiger partial charge on any atom is 0.238 e. The van der Waals surface area contributed by atoms with Crippen molar-refractivity contribution in [3.63, 3.8) is 0 Å². The van der Waals surface area contributed by atoms with Crippen LogP contribution in [0, 0.1) is 5.82 Å². The van der Waals surface area contributed by atoms with Crippen molar-refractivity contribution in [3.05, 3.63) is 54.0 Å². The molecule has 0 fully saturated rings. The van der Waals surface area contributed by atoms with Gasteiger partial charge in [0.15, 0.2) is 0 Å². The van der Waals surface area contributed by atoms with Crippen molar-refractivity contribution < 1.29 is 14.0 Å². The molecule has 2 N–H and O–H groups in total. The van der Waals surface area contributed by atoms with Crippen LogP contribution in [0.4, 0.5) is 10.1 Å². The number of hydrogen-bond acceptors (Lipinski definition) is 4. The van der Waals surface area contributed by atoms with Crippen molar-refractivity contribution in [2.45, 2.75) is 23.2 Å². The van der Waals surface area contributed by atoms with Crippen molar-refractivity contribution in [3.8, 4) is 0 Å². The summed E-state index contributed by atoms with van der Waals surface area (Å²) in [6, 6.07) is 9.42. The van der Waals surface area contributed by atoms with Crippen LogP contribution in [0.15, 0.2) is 47.6 Å². The molecule has 1 aliphatic heterocycles. The van der Waals surface area contributed by atoms with Crippen LogP contribution in [0.2, 0.25) is 0 Å². The van der Waals surface area contributed by atoms with Crippen molar-refractivity contribution in [1.82, 2.24) is 10.3 Å². The summed E-state index contributed by atoms with van der Waals surface area (Å²) in [4.78, 5) is 28.2. The second kappa shape index (κ2) is 6.78. The van der Waals surface area contributed by atoms with E-state index in [1.165, 1.54) is 23.9 Å². The maximum atomic E-state index is 12.8. The normalized spacial score (nSPS) is 16.4. The molecule has 3 rings (SSSR count). The lowest BCUT2D eigenvalue weighted by molar-refractivity contribution is -0.124. The molecule has 118 valence electrons. The Bertz CT molecular complexity index is 736. The topological polar surface area (TPSA) is 71.1 Å². The molecule has 0 aliphatic carbocycles. The van der Waals surface area contributed by atoms with E-state index in [4.69, 9.17) is 0 Å². The molecule has 1 unspecified atom stereocenters. The molecular weight excluding hydrogens is 317 g/mol. The molecule has 0 spiro atoms. The standard InChI is InChI=1S/C16H14FN3O2S/c17-11-5-3-10(4-6-11)9-19-14(21)8-13-15(22)20-12-2-1-7-18-16(12)23-13/h1-7,13H,8-9H2,(H,19,21)(H,20,22). The molecule has 23 heavy (non-hydrogen) atoms. The first-order valence-electron chi connectivity index (χ1n) is 7.05. The Morgan fingerprint density at radius 3 is 2.87 bits per heavy atom. The quantitative estimate of drug-likeness (QED) is 0.902. The number of nitrogens with one attached hydrogen (secondary N) is 2. The van der Waals surface area contributed by atoms with Crippen LogP contribution in [0.3, 0.4) is 0 Å². The number of nitrogens with zero attached hydrogens (tertiary/aromatic N) is 1. The predicted octanol–water partition coefficient (Wildman–Crippen LogP) is 2.34. The molecule has 1 atom stereocenters. The fraction of sp³-hybridized carbons (Fsp3) is 0.188. The molecule has 1 aromatic carbocycles. The van der Waals surface area contributed by atoms with Gasteiger partial charge >= 0.3 is 0 Å². The minimum absolute atomic E-state index is 0.0632. The minimum Gasteiger partial charge on any atom is -0.352 e. The zero-order valence-corrected chi connectivity index (χ0v) is 12.9. The lowest BCUT2D eigenvalue weighted by Gasteiger charge is -2.22. The zero-order chi connectivity index (χ0) is 16.2. The molecule has 0 saturated carbocycles. The number of hydrogen-bond donors (Lipinski definition) is 2. The van der Waals surface area contributed by atoms with Gasteiger partial charge in [-0.3, -0.25) is 9.59 Å². The lowest BCUT2D eigenvalue weighted by Crippen LogP contribution is -2.34. The van der Waals surface area contributed by atoms with Crippen LogP contribution in [-0.4, -0.2) is 22.0 Å². The highest BCUT2D eigenvalue weighted by atomic mass is 32.2. The monoisotopic (exact) mass is 331 g/mol. The van der Waals surface area contributed by atoms with E-state index in [2.05, 4.69) is 15.6 Å². The number of thioether (sulfide) groups is 1. The van der Waals surface area contributed by atoms with E-state index in [0.717, 1.165) is 5.56 Å². The zero-order valence-electron chi connectivity index (χ0n) is 12.1. The molecule has 2 amide bonds. The Hall–Kier alpha value is -2.41. The first-order chi connectivity index (χ1) is 11.1. The summed E-state index contributed by atoms with van der Waals surface area (Å²) < 4.78 is 12.8. The van der Waals surface area contributed by atoms with E-state index in [1.807, 2.05) is 0 Å². The molecular formula is C16H14FN3O2S. The van der Waals surface area contributed by atoms with Crippen LogP contribution in [-0.2, 0) is 16.1 Å². The van der Waals surface area contributed by atoms with Gasteiger partial charge in [-0.1, -0.05) is 23.9 Å². The van der Waals surface area contributed by atoms with E-state index in [0.29, 0.717) is 17.3 Å². The van der Waals surface area contributed by atoms with Gasteiger partial charge in [0.25, 0.3) is 0 Å². The highest BCUT2D eigenvalue weighted by Crippen LogP contribution is 2.34. The number of carbonyl (C=O) groups excluding carboxylic acids is 2. The van der Waals surface area contributed by atoms with E-state index < -0.39 is 5.25 Å². The number of amides is 2. The van der Waals surface area contributed by atoms with Crippen molar-refractivity contribution in [2.75, 3.05) is 5.32 Å². The highest BCUT2D eigenvalue weighted by Gasteiger charge is 2.29. The van der Waals surface area contributed by atoms with Gasteiger partial charge in [0.2, 0.25) is 11.8 Å². The van der Waals surface area contributed by atoms with Crippen LogP contribution >= 0.6 is 11.8 Å². The summed E-state index contributed by atoms with van der Waals surface area (Å²) in [5.74, 6) is -0.754. The number of pyridine rings is 1. The summed E-state index contributed by atoms with van der Waals surface area (Å²) in [7, 11) is 0. The fourth-order valence-electron chi connectivity index (χ4n) is 2.16. The SMILES string of the molecule is O=C(CC1Sc2ncccc2NC1=O)NCc1ccc(F)cc1. The van der Waals surface area contributed by atoms with Gasteiger partial charge in [0.05, 0.1) is 10.9 Å². The molecule has 2 aromatic rings. The molecule has 2 heterocycles. The molecule has 0 saturated heterocycles. The molecule has 0 radical (unpaired) electrons. The average molecular weight is 331 g/mol. The van der Waals surface area contributed by atoms with Crippen molar-refractivity contribution in [2.24, 2.45) is 0 Å². The third kappa shape index (κ3) is 3.87. The second-order valence-corrected chi connectivity index (χ2v) is 6.25. The number of rotatable bonds is 4. The molecule has 7 heteroatoms. The Morgan fingerprint density at radius 1 is 1.30 bits per heavy atom. The fourth-order valence-corrected chi connectivity index (χ4v) is 3.20. The van der Waals surface area contributed by atoms with E-state index >= 15 is 0 Å². The molecule has 5 nitrogen and oxygen atoms in total. The third-order valence-corrected chi connectivity index (χ3v) is 4.56. The highest BCUT2D eigenvalue weighted by molar-refractivity contribution is 8.00. The van der Waals surface area contributed by atoms with Gasteiger partial charge in [0.1, 0.15) is 10.8 Å². The summed E-state index contributed by atoms with van der Waals surface area (Å²) in [5.41, 5.74) is 1.47. The number of benzene rings is 1. The van der Waals surface area contributed by atoms with Crippen LogP contribution < -0.4 is 10.6 Å². The lowest BCUT2D eigenvalue weighted by atomic mass is 10.2. The minimum atomic E-state index is -0.509. The summed E-state index contributed by atoms with van der Waals surface area (Å²) >= 11 is 1.28. The van der Waals surface area contributed by atoms with Crippen molar-refractivity contribution >= 4 is 29.3 Å². The smallest absolute Gasteiger partial charge is 0.238 e. The molecule has 0 bridgehead atoms. The Morgan fingerprint density at radius 2 is 2.09 bits per heavy atom. The molecule has 1 aromatic heterocycles. The number of aromatic nitrogens is 1. The summed E-state index contributed by atoms with van der Waals surface area (Å²) in [6.07, 6.45) is 1.71. The first-order valence-corrected chi connectivity index (χ1v) is 7.93. The van der Waals surface area contributed by atoms with Gasteiger partial charge < -0.3 is 10.6 Å². The summed E-state index contributed by atoms with van der Waals surface area (Å²) in [6.45, 7) is 0.299.